The van der Waals surface area contributed by atoms with Crippen LogP contribution < -0.4 is 14.8 Å². The Labute approximate surface area is 160 Å². The van der Waals surface area contributed by atoms with Crippen molar-refractivity contribution < 1.29 is 14.3 Å². The molecule has 1 heterocycles. The number of benzene rings is 2. The second-order valence-electron chi connectivity index (χ2n) is 5.46. The minimum atomic E-state index is -0.114. The van der Waals surface area contributed by atoms with Crippen molar-refractivity contribution in [2.75, 3.05) is 20.0 Å². The smallest absolute Gasteiger partial charge is 0.230 e. The molecule has 0 spiro atoms. The number of tetrazole rings is 1. The van der Waals surface area contributed by atoms with Gasteiger partial charge in [0.2, 0.25) is 11.1 Å². The summed E-state index contributed by atoms with van der Waals surface area (Å²) in [7, 11) is 3.16. The molecule has 0 radical (unpaired) electrons. The van der Waals surface area contributed by atoms with Gasteiger partial charge in [0.05, 0.1) is 25.7 Å². The second kappa shape index (κ2) is 9.04. The molecule has 0 saturated carbocycles. The van der Waals surface area contributed by atoms with Crippen molar-refractivity contribution in [1.29, 1.82) is 0 Å². The summed E-state index contributed by atoms with van der Waals surface area (Å²) in [5, 5.41) is 15.1. The highest BCUT2D eigenvalue weighted by Gasteiger charge is 2.12. The van der Waals surface area contributed by atoms with Crippen molar-refractivity contribution in [2.24, 2.45) is 0 Å². The minimum Gasteiger partial charge on any atom is -0.493 e. The monoisotopic (exact) mass is 385 g/mol. The molecule has 3 rings (SSSR count). The summed E-state index contributed by atoms with van der Waals surface area (Å²) < 4.78 is 12.1. The predicted molar refractivity (Wildman–Crippen MR) is 101 cm³/mol. The van der Waals surface area contributed by atoms with E-state index >= 15 is 0 Å². The summed E-state index contributed by atoms with van der Waals surface area (Å²) in [5.74, 6) is 1.37. The summed E-state index contributed by atoms with van der Waals surface area (Å²) in [4.78, 5) is 12.2. The third kappa shape index (κ3) is 4.76. The Bertz CT molecular complexity index is 901. The molecule has 1 N–H and O–H groups in total. The zero-order valence-corrected chi connectivity index (χ0v) is 15.8. The van der Waals surface area contributed by atoms with Crippen LogP contribution in [0.2, 0.25) is 0 Å². The molecule has 1 aromatic heterocycles. The molecule has 27 heavy (non-hydrogen) atoms. The van der Waals surface area contributed by atoms with Gasteiger partial charge in [-0.05, 0) is 40.3 Å². The first kappa shape index (κ1) is 18.7. The van der Waals surface area contributed by atoms with Gasteiger partial charge >= 0.3 is 0 Å². The van der Waals surface area contributed by atoms with Gasteiger partial charge in [-0.1, -0.05) is 36.0 Å². The number of ether oxygens (including phenoxy) is 2. The fraction of sp³-hybridized carbons (Fsp3) is 0.222. The number of hydrogen-bond acceptors (Lipinski definition) is 7. The van der Waals surface area contributed by atoms with E-state index < -0.39 is 0 Å². The molecule has 3 aromatic rings. The van der Waals surface area contributed by atoms with Crippen molar-refractivity contribution in [3.63, 3.8) is 0 Å². The number of thioether (sulfide) groups is 1. The van der Waals surface area contributed by atoms with Crippen LogP contribution in [0, 0.1) is 0 Å². The maximum Gasteiger partial charge on any atom is 0.230 e. The second-order valence-corrected chi connectivity index (χ2v) is 6.41. The van der Waals surface area contributed by atoms with E-state index in [1.807, 2.05) is 48.5 Å². The summed E-state index contributed by atoms with van der Waals surface area (Å²) in [6, 6.07) is 15.1. The van der Waals surface area contributed by atoms with Crippen LogP contribution in [-0.2, 0) is 11.3 Å². The molecule has 2 aromatic carbocycles. The van der Waals surface area contributed by atoms with Gasteiger partial charge in [-0.3, -0.25) is 4.79 Å². The number of carbonyl (C=O) groups excluding carboxylic acids is 1. The van der Waals surface area contributed by atoms with E-state index in [0.717, 1.165) is 11.3 Å². The Morgan fingerprint density at radius 2 is 1.89 bits per heavy atom. The van der Waals surface area contributed by atoms with Crippen LogP contribution in [0.15, 0.2) is 53.7 Å². The lowest BCUT2D eigenvalue weighted by Crippen LogP contribution is -2.24. The van der Waals surface area contributed by atoms with Crippen molar-refractivity contribution in [1.82, 2.24) is 25.5 Å². The first-order chi connectivity index (χ1) is 13.2. The number of aromatic nitrogens is 4. The van der Waals surface area contributed by atoms with E-state index in [9.17, 15) is 4.79 Å². The molecule has 0 saturated heterocycles. The van der Waals surface area contributed by atoms with Crippen LogP contribution in [-0.4, -0.2) is 46.1 Å². The molecule has 0 aliphatic rings. The topological polar surface area (TPSA) is 91.2 Å². The number of carbonyl (C=O) groups is 1. The standard InChI is InChI=1S/C18H19N5O3S/c1-25-15-9-8-13(10-16(15)26-2)11-19-17(24)12-27-18-20-21-22-23(18)14-6-4-3-5-7-14/h3-10H,11-12H2,1-2H3,(H,19,24). The van der Waals surface area contributed by atoms with Gasteiger partial charge in [0.25, 0.3) is 0 Å². The summed E-state index contributed by atoms with van der Waals surface area (Å²) in [5.41, 5.74) is 1.76. The van der Waals surface area contributed by atoms with Crippen molar-refractivity contribution in [3.05, 3.63) is 54.1 Å². The van der Waals surface area contributed by atoms with E-state index in [2.05, 4.69) is 20.8 Å². The van der Waals surface area contributed by atoms with Gasteiger partial charge in [0.15, 0.2) is 11.5 Å². The molecule has 0 aliphatic heterocycles. The fourth-order valence-corrected chi connectivity index (χ4v) is 3.09. The maximum absolute atomic E-state index is 12.2. The number of amides is 1. The summed E-state index contributed by atoms with van der Waals surface area (Å²) in [6.45, 7) is 0.392. The molecular weight excluding hydrogens is 366 g/mol. The van der Waals surface area contributed by atoms with Gasteiger partial charge in [0, 0.05) is 6.54 Å². The molecule has 0 unspecified atom stereocenters. The average Bonchev–Trinajstić information content (AvgIpc) is 3.19. The average molecular weight is 385 g/mol. The first-order valence-electron chi connectivity index (χ1n) is 8.15. The molecule has 0 atom stereocenters. The normalized spacial score (nSPS) is 10.4. The van der Waals surface area contributed by atoms with Crippen LogP contribution in [0.25, 0.3) is 5.69 Å². The molecule has 8 nitrogen and oxygen atoms in total. The quantitative estimate of drug-likeness (QED) is 0.594. The van der Waals surface area contributed by atoms with Crippen LogP contribution in [0.1, 0.15) is 5.56 Å². The Morgan fingerprint density at radius 1 is 1.11 bits per heavy atom. The van der Waals surface area contributed by atoms with Gasteiger partial charge in [-0.25, -0.2) is 0 Å². The zero-order valence-electron chi connectivity index (χ0n) is 15.0. The van der Waals surface area contributed by atoms with Crippen LogP contribution in [0.3, 0.4) is 0 Å². The van der Waals surface area contributed by atoms with Gasteiger partial charge < -0.3 is 14.8 Å². The lowest BCUT2D eigenvalue weighted by molar-refractivity contribution is -0.118. The molecule has 140 valence electrons. The lowest BCUT2D eigenvalue weighted by Gasteiger charge is -2.10. The molecule has 0 fully saturated rings. The van der Waals surface area contributed by atoms with Crippen LogP contribution in [0.5, 0.6) is 11.5 Å². The summed E-state index contributed by atoms with van der Waals surface area (Å²) >= 11 is 1.28. The fourth-order valence-electron chi connectivity index (χ4n) is 2.37. The number of methoxy groups -OCH3 is 2. The largest absolute Gasteiger partial charge is 0.493 e. The third-order valence-electron chi connectivity index (χ3n) is 3.71. The first-order valence-corrected chi connectivity index (χ1v) is 9.14. The van der Waals surface area contributed by atoms with E-state index in [1.54, 1.807) is 18.9 Å². The SMILES string of the molecule is COc1ccc(CNC(=O)CSc2nnnn2-c2ccccc2)cc1OC. The Balaban J connectivity index is 1.55. The highest BCUT2D eigenvalue weighted by Crippen LogP contribution is 2.27. The number of para-hydroxylation sites is 1. The van der Waals surface area contributed by atoms with Gasteiger partial charge in [0.1, 0.15) is 0 Å². The lowest BCUT2D eigenvalue weighted by atomic mass is 10.2. The molecule has 9 heteroatoms. The predicted octanol–water partition coefficient (Wildman–Crippen LogP) is 2.09. The van der Waals surface area contributed by atoms with Crippen molar-refractivity contribution in [3.8, 4) is 17.2 Å². The van der Waals surface area contributed by atoms with Crippen LogP contribution >= 0.6 is 11.8 Å². The Morgan fingerprint density at radius 3 is 2.63 bits per heavy atom. The highest BCUT2D eigenvalue weighted by atomic mass is 32.2. The molecule has 0 aliphatic carbocycles. The van der Waals surface area contributed by atoms with E-state index in [4.69, 9.17) is 9.47 Å². The van der Waals surface area contributed by atoms with Crippen molar-refractivity contribution >= 4 is 17.7 Å². The number of hydrogen-bond donors (Lipinski definition) is 1. The molecular formula is C18H19N5O3S. The molecule has 1 amide bonds. The zero-order chi connectivity index (χ0) is 19.1. The summed E-state index contributed by atoms with van der Waals surface area (Å²) in [6.07, 6.45) is 0. The number of nitrogens with one attached hydrogen (secondary N) is 1. The van der Waals surface area contributed by atoms with Gasteiger partial charge in [-0.2, -0.15) is 4.68 Å². The third-order valence-corrected chi connectivity index (χ3v) is 4.63. The minimum absolute atomic E-state index is 0.114. The maximum atomic E-state index is 12.2. The van der Waals surface area contributed by atoms with Crippen LogP contribution in [0.4, 0.5) is 0 Å². The van der Waals surface area contributed by atoms with E-state index in [1.165, 1.54) is 11.8 Å². The number of rotatable bonds is 8. The molecule has 0 bridgehead atoms. The van der Waals surface area contributed by atoms with E-state index in [0.29, 0.717) is 23.2 Å². The van der Waals surface area contributed by atoms with E-state index in [-0.39, 0.29) is 11.7 Å². The Kier molecular flexibility index (Phi) is 6.26. The van der Waals surface area contributed by atoms with Crippen molar-refractivity contribution in [2.45, 2.75) is 11.7 Å². The number of nitrogens with zero attached hydrogens (tertiary/aromatic N) is 4. The highest BCUT2D eigenvalue weighted by molar-refractivity contribution is 7.99. The Hall–Kier alpha value is -3.07. The van der Waals surface area contributed by atoms with Gasteiger partial charge in [-0.15, -0.1) is 5.10 Å².